The largest absolute Gasteiger partial charge is 0.312 e. The third-order valence-corrected chi connectivity index (χ3v) is 4.24. The van der Waals surface area contributed by atoms with Crippen LogP contribution in [0.5, 0.6) is 0 Å². The Morgan fingerprint density at radius 3 is 2.75 bits per heavy atom. The van der Waals surface area contributed by atoms with Crippen LogP contribution in [0.3, 0.4) is 0 Å². The fraction of sp³-hybridized carbons (Fsp3) is 0.556. The maximum absolute atomic E-state index is 10.8. The van der Waals surface area contributed by atoms with Crippen LogP contribution >= 0.6 is 27.3 Å². The van der Waals surface area contributed by atoms with Crippen molar-refractivity contribution < 1.29 is 8.42 Å². The Kier molecular flexibility index (Phi) is 5.91. The highest BCUT2D eigenvalue weighted by Gasteiger charge is 1.99. The molecule has 1 rings (SSSR count). The summed E-state index contributed by atoms with van der Waals surface area (Å²) in [7, 11) is -3.04. The molecule has 0 saturated carbocycles. The summed E-state index contributed by atoms with van der Waals surface area (Å²) in [5, 5.41) is 5.30. The van der Waals surface area contributed by atoms with Gasteiger partial charge in [-0.25, -0.2) is 13.1 Å². The summed E-state index contributed by atoms with van der Waals surface area (Å²) >= 11 is 5.09. The highest BCUT2D eigenvalue weighted by Crippen LogP contribution is 2.19. The number of halogens is 1. The number of hydrogen-bond acceptors (Lipinski definition) is 4. The molecule has 0 fully saturated rings. The van der Waals surface area contributed by atoms with E-state index in [0.29, 0.717) is 6.54 Å². The number of thiophene rings is 1. The quantitative estimate of drug-likeness (QED) is 0.747. The minimum atomic E-state index is -3.04. The number of hydrogen-bond donors (Lipinski definition) is 2. The molecule has 0 spiro atoms. The minimum Gasteiger partial charge on any atom is -0.312 e. The predicted molar refractivity (Wildman–Crippen MR) is 71.2 cm³/mol. The molecule has 0 aliphatic heterocycles. The highest BCUT2D eigenvalue weighted by molar-refractivity contribution is 9.10. The van der Waals surface area contributed by atoms with Gasteiger partial charge in [0.1, 0.15) is 0 Å². The Labute approximate surface area is 109 Å². The van der Waals surface area contributed by atoms with E-state index >= 15 is 0 Å². The van der Waals surface area contributed by atoms with E-state index in [1.165, 1.54) is 11.1 Å². The average Bonchev–Trinajstić information content (AvgIpc) is 2.56. The Morgan fingerprint density at radius 1 is 1.44 bits per heavy atom. The first-order valence-electron chi connectivity index (χ1n) is 4.85. The lowest BCUT2D eigenvalue weighted by Gasteiger charge is -2.03. The lowest BCUT2D eigenvalue weighted by molar-refractivity contribution is 0.579. The van der Waals surface area contributed by atoms with Gasteiger partial charge in [0.25, 0.3) is 0 Å². The second kappa shape index (κ2) is 6.70. The van der Waals surface area contributed by atoms with Gasteiger partial charge in [0.15, 0.2) is 0 Å². The van der Waals surface area contributed by atoms with Gasteiger partial charge in [0, 0.05) is 27.8 Å². The van der Waals surface area contributed by atoms with E-state index in [4.69, 9.17) is 0 Å². The van der Waals surface area contributed by atoms with Crippen molar-refractivity contribution in [1.82, 2.24) is 10.0 Å². The maximum atomic E-state index is 10.8. The maximum Gasteiger partial charge on any atom is 0.208 e. The molecule has 92 valence electrons. The molecule has 0 bridgehead atoms. The van der Waals surface area contributed by atoms with Crippen LogP contribution in [0.1, 0.15) is 11.3 Å². The molecule has 0 atom stereocenters. The minimum absolute atomic E-state index is 0.486. The first kappa shape index (κ1) is 14.1. The molecule has 4 nitrogen and oxygen atoms in total. The van der Waals surface area contributed by atoms with Crippen LogP contribution < -0.4 is 10.0 Å². The molecular weight excluding hydrogens is 312 g/mol. The molecule has 1 aromatic rings. The van der Waals surface area contributed by atoms with Crippen LogP contribution in [-0.2, 0) is 16.6 Å². The normalized spacial score (nSPS) is 11.9. The van der Waals surface area contributed by atoms with Gasteiger partial charge in [0.05, 0.1) is 6.26 Å². The lowest BCUT2D eigenvalue weighted by atomic mass is 10.4. The summed E-state index contributed by atoms with van der Waals surface area (Å²) in [6.07, 6.45) is 1.96. The second-order valence-electron chi connectivity index (χ2n) is 3.43. The summed E-state index contributed by atoms with van der Waals surface area (Å²) in [5.74, 6) is 0. The monoisotopic (exact) mass is 326 g/mol. The SMILES string of the molecule is CS(=O)(=O)NCCCNCc1cc(Br)cs1. The predicted octanol–water partition coefficient (Wildman–Crippen LogP) is 1.54. The first-order chi connectivity index (χ1) is 7.47. The van der Waals surface area contributed by atoms with Crippen molar-refractivity contribution >= 4 is 37.3 Å². The molecule has 1 heterocycles. The van der Waals surface area contributed by atoms with Crippen LogP contribution in [-0.4, -0.2) is 27.8 Å². The van der Waals surface area contributed by atoms with Gasteiger partial charge < -0.3 is 5.32 Å². The van der Waals surface area contributed by atoms with Crippen molar-refractivity contribution in [2.45, 2.75) is 13.0 Å². The summed E-state index contributed by atoms with van der Waals surface area (Å²) in [6.45, 7) is 2.12. The number of sulfonamides is 1. The van der Waals surface area contributed by atoms with E-state index in [-0.39, 0.29) is 0 Å². The Hall–Kier alpha value is 0.0500. The molecule has 0 saturated heterocycles. The molecule has 2 N–H and O–H groups in total. The molecule has 16 heavy (non-hydrogen) atoms. The van der Waals surface area contributed by atoms with Crippen molar-refractivity contribution in [2.75, 3.05) is 19.3 Å². The van der Waals surface area contributed by atoms with Gasteiger partial charge in [-0.15, -0.1) is 11.3 Å². The Bertz CT molecular complexity index is 417. The molecular formula is C9H15BrN2O2S2. The highest BCUT2D eigenvalue weighted by atomic mass is 79.9. The van der Waals surface area contributed by atoms with Gasteiger partial charge in [-0.2, -0.15) is 0 Å². The number of rotatable bonds is 7. The van der Waals surface area contributed by atoms with Crippen LogP contribution in [0.25, 0.3) is 0 Å². The summed E-state index contributed by atoms with van der Waals surface area (Å²) in [4.78, 5) is 1.27. The fourth-order valence-corrected chi connectivity index (χ4v) is 3.06. The summed E-state index contributed by atoms with van der Waals surface area (Å²) in [6, 6.07) is 2.08. The van der Waals surface area contributed by atoms with E-state index < -0.39 is 10.0 Å². The van der Waals surface area contributed by atoms with E-state index in [2.05, 4.69) is 32.0 Å². The zero-order valence-electron chi connectivity index (χ0n) is 8.99. The van der Waals surface area contributed by atoms with E-state index in [9.17, 15) is 8.42 Å². The summed E-state index contributed by atoms with van der Waals surface area (Å²) < 4.78 is 25.1. The second-order valence-corrected chi connectivity index (χ2v) is 7.17. The molecule has 0 radical (unpaired) electrons. The topological polar surface area (TPSA) is 58.2 Å². The molecule has 7 heteroatoms. The van der Waals surface area contributed by atoms with Gasteiger partial charge in [-0.3, -0.25) is 0 Å². The fourth-order valence-electron chi connectivity index (χ4n) is 1.13. The van der Waals surface area contributed by atoms with Crippen LogP contribution in [0.4, 0.5) is 0 Å². The molecule has 0 unspecified atom stereocenters. The van der Waals surface area contributed by atoms with Gasteiger partial charge in [-0.1, -0.05) is 0 Å². The summed E-state index contributed by atoms with van der Waals surface area (Å²) in [5.41, 5.74) is 0. The van der Waals surface area contributed by atoms with Crippen molar-refractivity contribution in [3.63, 3.8) is 0 Å². The average molecular weight is 327 g/mol. The smallest absolute Gasteiger partial charge is 0.208 e. The molecule has 0 aliphatic carbocycles. The molecule has 1 aromatic heterocycles. The molecule has 0 amide bonds. The van der Waals surface area contributed by atoms with Gasteiger partial charge >= 0.3 is 0 Å². The van der Waals surface area contributed by atoms with Crippen LogP contribution in [0.2, 0.25) is 0 Å². The molecule has 0 aliphatic rings. The van der Waals surface area contributed by atoms with Crippen LogP contribution in [0, 0.1) is 0 Å². The Morgan fingerprint density at radius 2 is 2.19 bits per heavy atom. The first-order valence-corrected chi connectivity index (χ1v) is 8.42. The standard InChI is InChI=1S/C9H15BrN2O2S2/c1-16(13,14)12-4-2-3-11-6-9-5-8(10)7-15-9/h5,7,11-12H,2-4,6H2,1H3. The lowest BCUT2D eigenvalue weighted by Crippen LogP contribution is -2.26. The van der Waals surface area contributed by atoms with E-state index in [1.807, 2.05) is 5.38 Å². The molecule has 0 aromatic carbocycles. The van der Waals surface area contributed by atoms with Gasteiger partial charge in [-0.05, 0) is 35.0 Å². The van der Waals surface area contributed by atoms with Crippen molar-refractivity contribution in [3.05, 3.63) is 20.8 Å². The van der Waals surface area contributed by atoms with Crippen molar-refractivity contribution in [2.24, 2.45) is 0 Å². The third-order valence-electron chi connectivity index (χ3n) is 1.82. The van der Waals surface area contributed by atoms with Crippen molar-refractivity contribution in [1.29, 1.82) is 0 Å². The zero-order valence-corrected chi connectivity index (χ0v) is 12.2. The van der Waals surface area contributed by atoms with Crippen molar-refractivity contribution in [3.8, 4) is 0 Å². The van der Waals surface area contributed by atoms with Crippen LogP contribution in [0.15, 0.2) is 15.9 Å². The van der Waals surface area contributed by atoms with E-state index in [0.717, 1.165) is 24.0 Å². The number of nitrogens with one attached hydrogen (secondary N) is 2. The third kappa shape index (κ3) is 6.59. The van der Waals surface area contributed by atoms with E-state index in [1.54, 1.807) is 11.3 Å². The zero-order chi connectivity index (χ0) is 12.0. The Balaban J connectivity index is 2.04. The van der Waals surface area contributed by atoms with Gasteiger partial charge in [0.2, 0.25) is 10.0 Å².